The van der Waals surface area contributed by atoms with E-state index in [4.69, 9.17) is 4.74 Å². The SMILES string of the molecule is Cc1cccc(-c2ccc(COc3c(C)cccc3-n3nnn(C)c3=O)cc2)n1. The molecule has 0 atom stereocenters. The van der Waals surface area contributed by atoms with Crippen molar-refractivity contribution in [3.05, 3.63) is 88.0 Å². The van der Waals surface area contributed by atoms with Gasteiger partial charge in [-0.3, -0.25) is 4.98 Å². The third-order valence-electron chi connectivity index (χ3n) is 4.66. The van der Waals surface area contributed by atoms with Gasteiger partial charge in [0.1, 0.15) is 18.0 Å². The zero-order chi connectivity index (χ0) is 20.4. The van der Waals surface area contributed by atoms with Crippen LogP contribution in [0.5, 0.6) is 5.75 Å². The van der Waals surface area contributed by atoms with Crippen molar-refractivity contribution in [3.63, 3.8) is 0 Å². The first kappa shape index (κ1) is 18.6. The monoisotopic (exact) mass is 387 g/mol. The van der Waals surface area contributed by atoms with Crippen molar-refractivity contribution in [1.82, 2.24) is 24.8 Å². The van der Waals surface area contributed by atoms with Crippen LogP contribution >= 0.6 is 0 Å². The van der Waals surface area contributed by atoms with Crippen molar-refractivity contribution in [2.75, 3.05) is 0 Å². The number of aromatic nitrogens is 5. The maximum Gasteiger partial charge on any atom is 0.368 e. The molecule has 29 heavy (non-hydrogen) atoms. The van der Waals surface area contributed by atoms with Gasteiger partial charge in [0.25, 0.3) is 0 Å². The molecule has 0 radical (unpaired) electrons. The average molecular weight is 387 g/mol. The highest BCUT2D eigenvalue weighted by molar-refractivity contribution is 5.59. The molecule has 4 rings (SSSR count). The number of pyridine rings is 1. The number of aryl methyl sites for hydroxylation is 3. The normalized spacial score (nSPS) is 10.9. The van der Waals surface area contributed by atoms with Crippen LogP contribution in [0.25, 0.3) is 16.9 Å². The number of nitrogens with zero attached hydrogens (tertiary/aromatic N) is 5. The third kappa shape index (κ3) is 3.80. The number of benzene rings is 2. The summed E-state index contributed by atoms with van der Waals surface area (Å²) in [6.07, 6.45) is 0. The van der Waals surface area contributed by atoms with E-state index in [1.54, 1.807) is 13.1 Å². The molecule has 2 aromatic carbocycles. The van der Waals surface area contributed by atoms with Crippen LogP contribution in [0.15, 0.2) is 65.5 Å². The lowest BCUT2D eigenvalue weighted by atomic mass is 10.1. The van der Waals surface area contributed by atoms with Gasteiger partial charge >= 0.3 is 5.69 Å². The molecule has 0 fully saturated rings. The van der Waals surface area contributed by atoms with Crippen molar-refractivity contribution in [1.29, 1.82) is 0 Å². The topological polar surface area (TPSA) is 74.8 Å². The van der Waals surface area contributed by atoms with Gasteiger partial charge in [-0.05, 0) is 53.6 Å². The van der Waals surface area contributed by atoms with Crippen LogP contribution in [0.4, 0.5) is 0 Å². The van der Waals surface area contributed by atoms with Crippen molar-refractivity contribution in [2.45, 2.75) is 20.5 Å². The van der Waals surface area contributed by atoms with Crippen molar-refractivity contribution < 1.29 is 4.74 Å². The molecule has 0 spiro atoms. The highest BCUT2D eigenvalue weighted by Crippen LogP contribution is 2.27. The molecule has 0 saturated carbocycles. The first-order valence-electron chi connectivity index (χ1n) is 9.28. The highest BCUT2D eigenvalue weighted by atomic mass is 16.5. The third-order valence-corrected chi connectivity index (χ3v) is 4.66. The van der Waals surface area contributed by atoms with Crippen LogP contribution in [0.1, 0.15) is 16.8 Å². The van der Waals surface area contributed by atoms with E-state index in [1.807, 2.05) is 68.4 Å². The molecule has 0 bridgehead atoms. The second-order valence-corrected chi connectivity index (χ2v) is 6.87. The predicted octanol–water partition coefficient (Wildman–Crippen LogP) is 3.22. The Morgan fingerprint density at radius 3 is 2.38 bits per heavy atom. The fourth-order valence-corrected chi connectivity index (χ4v) is 3.09. The molecule has 146 valence electrons. The highest BCUT2D eigenvalue weighted by Gasteiger charge is 2.14. The maximum absolute atomic E-state index is 12.2. The molecule has 2 aromatic heterocycles. The van der Waals surface area contributed by atoms with Gasteiger partial charge in [0.05, 0.1) is 5.69 Å². The first-order valence-corrected chi connectivity index (χ1v) is 9.28. The largest absolute Gasteiger partial charge is 0.486 e. The van der Waals surface area contributed by atoms with Gasteiger partial charge in [-0.25, -0.2) is 4.79 Å². The minimum Gasteiger partial charge on any atom is -0.486 e. The van der Waals surface area contributed by atoms with Crippen LogP contribution in [0.3, 0.4) is 0 Å². The zero-order valence-electron chi connectivity index (χ0n) is 16.5. The van der Waals surface area contributed by atoms with Crippen LogP contribution in [0, 0.1) is 13.8 Å². The van der Waals surface area contributed by atoms with Crippen LogP contribution in [-0.2, 0) is 13.7 Å². The number of rotatable bonds is 5. The minimum atomic E-state index is -0.324. The van der Waals surface area contributed by atoms with Crippen molar-refractivity contribution in [3.8, 4) is 22.7 Å². The van der Waals surface area contributed by atoms with Crippen LogP contribution < -0.4 is 10.4 Å². The predicted molar refractivity (Wildman–Crippen MR) is 110 cm³/mol. The summed E-state index contributed by atoms with van der Waals surface area (Å²) in [6.45, 7) is 4.29. The Balaban J connectivity index is 1.57. The number of tetrazole rings is 1. The summed E-state index contributed by atoms with van der Waals surface area (Å²) in [6, 6.07) is 19.7. The summed E-state index contributed by atoms with van der Waals surface area (Å²) in [7, 11) is 1.56. The number of para-hydroxylation sites is 1. The van der Waals surface area contributed by atoms with Gasteiger partial charge in [-0.2, -0.15) is 9.36 Å². The van der Waals surface area contributed by atoms with Crippen molar-refractivity contribution >= 4 is 0 Å². The van der Waals surface area contributed by atoms with Gasteiger partial charge < -0.3 is 4.74 Å². The molecule has 2 heterocycles. The van der Waals surface area contributed by atoms with E-state index in [0.717, 1.165) is 28.1 Å². The Hall–Kier alpha value is -3.74. The van der Waals surface area contributed by atoms with Gasteiger partial charge in [0.15, 0.2) is 0 Å². The van der Waals surface area contributed by atoms with E-state index in [-0.39, 0.29) is 5.69 Å². The second-order valence-electron chi connectivity index (χ2n) is 6.87. The molecular formula is C22H21N5O2. The molecule has 0 aliphatic carbocycles. The van der Waals surface area contributed by atoms with Crippen molar-refractivity contribution in [2.24, 2.45) is 7.05 Å². The molecule has 0 amide bonds. The molecule has 0 saturated heterocycles. The lowest BCUT2D eigenvalue weighted by Gasteiger charge is -2.13. The fraction of sp³-hybridized carbons (Fsp3) is 0.182. The average Bonchev–Trinajstić information content (AvgIpc) is 3.06. The summed E-state index contributed by atoms with van der Waals surface area (Å²) >= 11 is 0. The molecule has 0 unspecified atom stereocenters. The number of hydrogen-bond acceptors (Lipinski definition) is 5. The maximum atomic E-state index is 12.2. The second kappa shape index (κ2) is 7.71. The smallest absolute Gasteiger partial charge is 0.368 e. The lowest BCUT2D eigenvalue weighted by molar-refractivity contribution is 0.302. The molecular weight excluding hydrogens is 366 g/mol. The molecule has 7 heteroatoms. The summed E-state index contributed by atoms with van der Waals surface area (Å²) in [4.78, 5) is 16.8. The van der Waals surface area contributed by atoms with Gasteiger partial charge in [-0.1, -0.05) is 42.5 Å². The molecule has 4 aromatic rings. The van der Waals surface area contributed by atoms with E-state index < -0.39 is 0 Å². The van der Waals surface area contributed by atoms with E-state index in [0.29, 0.717) is 18.0 Å². The van der Waals surface area contributed by atoms with E-state index in [9.17, 15) is 4.79 Å². The van der Waals surface area contributed by atoms with E-state index in [2.05, 4.69) is 15.4 Å². The molecule has 0 N–H and O–H groups in total. The first-order chi connectivity index (χ1) is 14.0. The van der Waals surface area contributed by atoms with Crippen LogP contribution in [-0.4, -0.2) is 24.8 Å². The quantitative estimate of drug-likeness (QED) is 0.526. The number of ether oxygens (including phenoxy) is 1. The summed E-state index contributed by atoms with van der Waals surface area (Å²) in [5.74, 6) is 0.611. The Morgan fingerprint density at radius 2 is 1.69 bits per heavy atom. The molecule has 0 aliphatic heterocycles. The minimum absolute atomic E-state index is 0.324. The van der Waals surface area contributed by atoms with Gasteiger partial charge in [0.2, 0.25) is 0 Å². The Bertz CT molecular complexity index is 1210. The molecule has 0 aliphatic rings. The molecule has 7 nitrogen and oxygen atoms in total. The fourth-order valence-electron chi connectivity index (χ4n) is 3.09. The van der Waals surface area contributed by atoms with Gasteiger partial charge in [-0.15, -0.1) is 0 Å². The number of hydrogen-bond donors (Lipinski definition) is 0. The van der Waals surface area contributed by atoms with Gasteiger partial charge in [0, 0.05) is 18.3 Å². The lowest BCUT2D eigenvalue weighted by Crippen LogP contribution is -2.22. The Labute approximate surface area is 168 Å². The standard InChI is InChI=1S/C22H21N5O2/c1-15-6-4-9-20(27-22(28)26(3)24-25-27)21(15)29-14-17-10-12-18(13-11-17)19-8-5-7-16(2)23-19/h4-13H,14H2,1-3H3. The summed E-state index contributed by atoms with van der Waals surface area (Å²) in [5, 5.41) is 7.71. The van der Waals surface area contributed by atoms with Crippen LogP contribution in [0.2, 0.25) is 0 Å². The summed E-state index contributed by atoms with van der Waals surface area (Å²) < 4.78 is 8.51. The summed E-state index contributed by atoms with van der Waals surface area (Å²) in [5.41, 5.74) is 5.17. The van der Waals surface area contributed by atoms with E-state index in [1.165, 1.54) is 9.36 Å². The Morgan fingerprint density at radius 1 is 0.931 bits per heavy atom. The van der Waals surface area contributed by atoms with E-state index >= 15 is 0 Å². The zero-order valence-corrected chi connectivity index (χ0v) is 16.5. The Kier molecular flexibility index (Phi) is 4.95.